The Morgan fingerprint density at radius 3 is 2.28 bits per heavy atom. The predicted molar refractivity (Wildman–Crippen MR) is 168 cm³/mol. The molecule has 0 spiro atoms. The van der Waals surface area contributed by atoms with Gasteiger partial charge in [0.25, 0.3) is 0 Å². The van der Waals surface area contributed by atoms with Crippen LogP contribution in [0.4, 0.5) is 8.78 Å². The molecule has 2 unspecified atom stereocenters. The van der Waals surface area contributed by atoms with Crippen molar-refractivity contribution in [2.45, 2.75) is 47.1 Å². The second kappa shape index (κ2) is 14.2. The molecule has 2 atom stereocenters. The number of thioether (sulfide) groups is 1. The number of alkyl halides is 2. The molecule has 46 heavy (non-hydrogen) atoms. The van der Waals surface area contributed by atoms with Crippen LogP contribution in [0.25, 0.3) is 0 Å². The molecule has 2 aliphatic rings. The number of pyridine rings is 1. The van der Waals surface area contributed by atoms with Crippen LogP contribution in [0.3, 0.4) is 0 Å². The number of hydrogen-bond acceptors (Lipinski definition) is 10. The van der Waals surface area contributed by atoms with Crippen molar-refractivity contribution in [2.75, 3.05) is 25.2 Å². The first-order valence-corrected chi connectivity index (χ1v) is 19.0. The summed E-state index contributed by atoms with van der Waals surface area (Å²) in [5.74, 6) is -0.490. The number of sulfone groups is 1. The lowest BCUT2D eigenvalue weighted by Crippen LogP contribution is -2.40. The Balaban J connectivity index is 1.45. The molecule has 2 heterocycles. The SMILES string of the molecule is CS(=O)(=O)c1ccc(S(=O)(=O)N2CCSC2C(=O)OC(Cc2c(Cl)cncc2Cl)c2ccc(OC(F)F)c(OCC3CC3)c2)cc1. The molecule has 1 saturated heterocycles. The summed E-state index contributed by atoms with van der Waals surface area (Å²) >= 11 is 13.8. The van der Waals surface area contributed by atoms with Crippen LogP contribution in [0.5, 0.6) is 11.5 Å². The Morgan fingerprint density at radius 1 is 1.02 bits per heavy atom. The number of ether oxygens (including phenoxy) is 3. The third kappa shape index (κ3) is 8.23. The van der Waals surface area contributed by atoms with Crippen LogP contribution in [0, 0.1) is 5.92 Å². The Kier molecular flexibility index (Phi) is 10.7. The molecule has 2 aromatic carbocycles. The lowest BCUT2D eigenvalue weighted by molar-refractivity contribution is -0.150. The minimum atomic E-state index is -4.24. The zero-order chi connectivity index (χ0) is 33.2. The van der Waals surface area contributed by atoms with E-state index in [2.05, 4.69) is 9.72 Å². The van der Waals surface area contributed by atoms with Crippen LogP contribution >= 0.6 is 35.0 Å². The number of esters is 1. The Morgan fingerprint density at radius 2 is 1.67 bits per heavy atom. The van der Waals surface area contributed by atoms with Gasteiger partial charge in [0, 0.05) is 37.4 Å². The molecular formula is C29H28Cl2F2N2O8S3. The van der Waals surface area contributed by atoms with Crippen LogP contribution in [0.15, 0.2) is 64.6 Å². The van der Waals surface area contributed by atoms with Crippen molar-refractivity contribution in [3.8, 4) is 11.5 Å². The van der Waals surface area contributed by atoms with Crippen molar-refractivity contribution in [3.05, 3.63) is 76.0 Å². The number of nitrogens with zero attached hydrogens (tertiary/aromatic N) is 2. The molecule has 2 fully saturated rings. The topological polar surface area (TPSA) is 129 Å². The fourth-order valence-corrected chi connectivity index (χ4v) is 8.85. The first kappa shape index (κ1) is 34.6. The van der Waals surface area contributed by atoms with Gasteiger partial charge in [0.2, 0.25) is 10.0 Å². The van der Waals surface area contributed by atoms with E-state index in [0.29, 0.717) is 17.0 Å². The first-order chi connectivity index (χ1) is 21.7. The third-order valence-electron chi connectivity index (χ3n) is 7.24. The Labute approximate surface area is 279 Å². The van der Waals surface area contributed by atoms with Crippen molar-refractivity contribution < 1.29 is 44.6 Å². The highest BCUT2D eigenvalue weighted by Gasteiger charge is 2.42. The second-order valence-corrected chi connectivity index (χ2v) is 16.5. The number of carbonyl (C=O) groups excluding carboxylic acids is 1. The summed E-state index contributed by atoms with van der Waals surface area (Å²) in [7, 11) is -7.80. The maximum Gasteiger partial charge on any atom is 0.387 e. The van der Waals surface area contributed by atoms with E-state index in [-0.39, 0.29) is 56.7 Å². The maximum absolute atomic E-state index is 13.7. The molecule has 17 heteroatoms. The van der Waals surface area contributed by atoms with Gasteiger partial charge < -0.3 is 14.2 Å². The van der Waals surface area contributed by atoms with E-state index in [1.807, 2.05) is 0 Å². The minimum absolute atomic E-state index is 0.00785. The standard InChI is InChI=1S/C29H28Cl2F2N2O8S3/c1-45(37,38)19-5-7-20(8-6-19)46(39,40)35-10-11-44-27(35)28(36)42-25(13-21-22(30)14-34-15-23(21)31)18-4-9-24(43-29(32)33)26(12-18)41-16-17-2-3-17/h4-9,12,14-15,17,25,27,29H,2-3,10-11,13,16H2,1H3. The van der Waals surface area contributed by atoms with Crippen LogP contribution in [-0.2, 0) is 35.8 Å². The molecule has 10 nitrogen and oxygen atoms in total. The number of aromatic nitrogens is 1. The molecule has 1 aliphatic carbocycles. The van der Waals surface area contributed by atoms with Gasteiger partial charge in [-0.2, -0.15) is 13.1 Å². The van der Waals surface area contributed by atoms with Crippen molar-refractivity contribution in [1.29, 1.82) is 0 Å². The van der Waals surface area contributed by atoms with Crippen molar-refractivity contribution in [2.24, 2.45) is 5.92 Å². The number of benzene rings is 2. The fourth-order valence-electron chi connectivity index (χ4n) is 4.65. The fraction of sp³-hybridized carbons (Fsp3) is 0.379. The summed E-state index contributed by atoms with van der Waals surface area (Å²) in [4.78, 5) is 17.4. The minimum Gasteiger partial charge on any atom is -0.489 e. The molecule has 0 amide bonds. The van der Waals surface area contributed by atoms with Gasteiger partial charge in [-0.1, -0.05) is 29.3 Å². The molecule has 0 N–H and O–H groups in total. The predicted octanol–water partition coefficient (Wildman–Crippen LogP) is 5.77. The molecule has 1 aliphatic heterocycles. The van der Waals surface area contributed by atoms with Crippen molar-refractivity contribution >= 4 is 60.8 Å². The molecule has 3 aromatic rings. The number of carbonyl (C=O) groups is 1. The molecule has 1 saturated carbocycles. The smallest absolute Gasteiger partial charge is 0.387 e. The van der Waals surface area contributed by atoms with E-state index in [0.717, 1.165) is 35.2 Å². The number of hydrogen-bond donors (Lipinski definition) is 0. The largest absolute Gasteiger partial charge is 0.489 e. The first-order valence-electron chi connectivity index (χ1n) is 13.9. The zero-order valence-corrected chi connectivity index (χ0v) is 28.1. The molecule has 5 rings (SSSR count). The summed E-state index contributed by atoms with van der Waals surface area (Å²) < 4.78 is 94.5. The molecule has 0 radical (unpaired) electrons. The van der Waals surface area contributed by atoms with Crippen LogP contribution in [0.2, 0.25) is 10.0 Å². The van der Waals surface area contributed by atoms with Crippen molar-refractivity contribution in [3.63, 3.8) is 0 Å². The van der Waals surface area contributed by atoms with E-state index in [1.54, 1.807) is 0 Å². The van der Waals surface area contributed by atoms with E-state index in [9.17, 15) is 30.4 Å². The van der Waals surface area contributed by atoms with Gasteiger partial charge in [-0.05, 0) is 66.3 Å². The molecule has 1 aromatic heterocycles. The van der Waals surface area contributed by atoms with E-state index in [4.69, 9.17) is 32.7 Å². The number of rotatable bonds is 13. The van der Waals surface area contributed by atoms with Crippen LogP contribution < -0.4 is 9.47 Å². The monoisotopic (exact) mass is 736 g/mol. The van der Waals surface area contributed by atoms with Gasteiger partial charge in [0.1, 0.15) is 6.10 Å². The third-order valence-corrected chi connectivity index (χ3v) is 12.2. The summed E-state index contributed by atoms with van der Waals surface area (Å²) in [5, 5.41) is -0.903. The van der Waals surface area contributed by atoms with E-state index in [1.165, 1.54) is 54.9 Å². The van der Waals surface area contributed by atoms with E-state index < -0.39 is 43.9 Å². The van der Waals surface area contributed by atoms with E-state index >= 15 is 0 Å². The molecule has 248 valence electrons. The summed E-state index contributed by atoms with van der Waals surface area (Å²) in [6, 6.07) is 8.84. The lowest BCUT2D eigenvalue weighted by atomic mass is 10.0. The van der Waals surface area contributed by atoms with Gasteiger partial charge in [-0.15, -0.1) is 11.8 Å². The van der Waals surface area contributed by atoms with Gasteiger partial charge in [0.05, 0.1) is 26.4 Å². The highest BCUT2D eigenvalue weighted by atomic mass is 35.5. The highest BCUT2D eigenvalue weighted by Crippen LogP contribution is 2.39. The average Bonchev–Trinajstić information content (AvgIpc) is 3.69. The highest BCUT2D eigenvalue weighted by molar-refractivity contribution is 8.02. The maximum atomic E-state index is 13.7. The van der Waals surface area contributed by atoms with Crippen LogP contribution in [-0.4, -0.2) is 69.2 Å². The average molecular weight is 738 g/mol. The summed E-state index contributed by atoms with van der Waals surface area (Å²) in [6.07, 6.45) is 4.44. The van der Waals surface area contributed by atoms with Gasteiger partial charge in [-0.3, -0.25) is 4.98 Å². The normalized spacial score (nSPS) is 18.0. The Hall–Kier alpha value is -2.69. The van der Waals surface area contributed by atoms with Crippen molar-refractivity contribution in [1.82, 2.24) is 9.29 Å². The summed E-state index contributed by atoms with van der Waals surface area (Å²) in [6.45, 7) is -2.83. The number of sulfonamides is 1. The molecular weight excluding hydrogens is 709 g/mol. The second-order valence-electron chi connectivity index (χ2n) is 10.6. The zero-order valence-electron chi connectivity index (χ0n) is 24.1. The lowest BCUT2D eigenvalue weighted by Gasteiger charge is -2.26. The van der Waals surface area contributed by atoms with Gasteiger partial charge in [-0.25, -0.2) is 21.6 Å². The van der Waals surface area contributed by atoms with Gasteiger partial charge in [0.15, 0.2) is 26.7 Å². The van der Waals surface area contributed by atoms with Crippen LogP contribution in [0.1, 0.15) is 30.1 Å². The quantitative estimate of drug-likeness (QED) is 0.199. The Bertz CT molecular complexity index is 1790. The van der Waals surface area contributed by atoms with Gasteiger partial charge >= 0.3 is 12.6 Å². The summed E-state index contributed by atoms with van der Waals surface area (Å²) in [5.41, 5.74) is 0.720. The number of halogens is 4. The molecule has 0 bridgehead atoms.